The van der Waals surface area contributed by atoms with Crippen molar-refractivity contribution < 1.29 is 13.5 Å². The van der Waals surface area contributed by atoms with E-state index in [4.69, 9.17) is 4.74 Å². The summed E-state index contributed by atoms with van der Waals surface area (Å²) < 4.78 is 32.9. The lowest BCUT2D eigenvalue weighted by Crippen LogP contribution is -2.16. The molecule has 0 saturated heterocycles. The van der Waals surface area contributed by atoms with Gasteiger partial charge in [0, 0.05) is 18.2 Å². The highest BCUT2D eigenvalue weighted by atomic mass is 19.1. The zero-order valence-corrected chi connectivity index (χ0v) is 11.8. The van der Waals surface area contributed by atoms with Gasteiger partial charge in [-0.05, 0) is 49.6 Å². The lowest BCUT2D eigenvalue weighted by atomic mass is 10.2. The van der Waals surface area contributed by atoms with E-state index < -0.39 is 5.82 Å². The second-order valence-corrected chi connectivity index (χ2v) is 5.40. The molecule has 4 heteroatoms. The Kier molecular flexibility index (Phi) is 3.88. The van der Waals surface area contributed by atoms with Crippen LogP contribution in [-0.2, 0) is 6.54 Å². The van der Waals surface area contributed by atoms with Crippen LogP contribution in [0.3, 0.4) is 0 Å². The molecule has 1 fully saturated rings. The molecule has 0 aliphatic heterocycles. The highest BCUT2D eigenvalue weighted by Crippen LogP contribution is 2.30. The van der Waals surface area contributed by atoms with Crippen LogP contribution >= 0.6 is 0 Å². The zero-order valence-electron chi connectivity index (χ0n) is 11.8. The first kappa shape index (κ1) is 14.0. The van der Waals surface area contributed by atoms with Gasteiger partial charge in [-0.1, -0.05) is 12.1 Å². The molecule has 0 unspecified atom stereocenters. The average Bonchev–Trinajstić information content (AvgIpc) is 3.28. The minimum atomic E-state index is -0.410. The Labute approximate surface area is 122 Å². The Morgan fingerprint density at radius 1 is 1.14 bits per heavy atom. The standard InChI is InChI=1S/C17H17F2NO/c1-11-9-14(7-8-15(11)18)21-17-12(3-2-4-16(17)19)10-20-13-5-6-13/h2-4,7-9,13,20H,5-6,10H2,1H3. The summed E-state index contributed by atoms with van der Waals surface area (Å²) in [7, 11) is 0. The summed E-state index contributed by atoms with van der Waals surface area (Å²) in [5, 5.41) is 3.34. The minimum absolute atomic E-state index is 0.205. The van der Waals surface area contributed by atoms with Gasteiger partial charge >= 0.3 is 0 Å². The fraction of sp³-hybridized carbons (Fsp3) is 0.294. The number of benzene rings is 2. The van der Waals surface area contributed by atoms with Gasteiger partial charge < -0.3 is 10.1 Å². The van der Waals surface area contributed by atoms with Crippen molar-refractivity contribution in [3.63, 3.8) is 0 Å². The van der Waals surface area contributed by atoms with Crippen molar-refractivity contribution in [3.8, 4) is 11.5 Å². The maximum atomic E-state index is 14.0. The van der Waals surface area contributed by atoms with E-state index in [2.05, 4.69) is 5.32 Å². The molecule has 0 heterocycles. The van der Waals surface area contributed by atoms with Gasteiger partial charge in [0.2, 0.25) is 0 Å². The van der Waals surface area contributed by atoms with Gasteiger partial charge in [0.15, 0.2) is 11.6 Å². The summed E-state index contributed by atoms with van der Waals surface area (Å²) in [5.41, 5.74) is 1.24. The van der Waals surface area contributed by atoms with Crippen molar-refractivity contribution >= 4 is 0 Å². The molecule has 21 heavy (non-hydrogen) atoms. The number of aryl methyl sites for hydroxylation is 1. The van der Waals surface area contributed by atoms with Gasteiger partial charge in [-0.2, -0.15) is 0 Å². The SMILES string of the molecule is Cc1cc(Oc2c(F)cccc2CNC2CC2)ccc1F. The van der Waals surface area contributed by atoms with Gasteiger partial charge in [0.1, 0.15) is 11.6 Å². The van der Waals surface area contributed by atoms with Crippen LogP contribution in [0, 0.1) is 18.6 Å². The molecule has 2 nitrogen and oxygen atoms in total. The molecule has 0 spiro atoms. The molecule has 0 amide bonds. The first-order chi connectivity index (χ1) is 10.1. The van der Waals surface area contributed by atoms with Crippen LogP contribution in [0.1, 0.15) is 24.0 Å². The van der Waals surface area contributed by atoms with Crippen LogP contribution in [0.2, 0.25) is 0 Å². The Hall–Kier alpha value is -1.94. The van der Waals surface area contributed by atoms with Crippen LogP contribution in [0.25, 0.3) is 0 Å². The summed E-state index contributed by atoms with van der Waals surface area (Å²) in [4.78, 5) is 0. The van der Waals surface area contributed by atoms with Crippen LogP contribution in [-0.4, -0.2) is 6.04 Å². The van der Waals surface area contributed by atoms with Gasteiger partial charge in [-0.3, -0.25) is 0 Å². The lowest BCUT2D eigenvalue weighted by molar-refractivity contribution is 0.432. The molecule has 1 N–H and O–H groups in total. The van der Waals surface area contributed by atoms with Crippen LogP contribution in [0.4, 0.5) is 8.78 Å². The largest absolute Gasteiger partial charge is 0.454 e. The topological polar surface area (TPSA) is 21.3 Å². The summed E-state index contributed by atoms with van der Waals surface area (Å²) in [5.74, 6) is -0.0677. The highest BCUT2D eigenvalue weighted by Gasteiger charge is 2.21. The first-order valence-corrected chi connectivity index (χ1v) is 7.08. The zero-order chi connectivity index (χ0) is 14.8. The minimum Gasteiger partial charge on any atom is -0.454 e. The number of ether oxygens (including phenoxy) is 1. The quantitative estimate of drug-likeness (QED) is 0.885. The Balaban J connectivity index is 1.83. The molecular weight excluding hydrogens is 272 g/mol. The van der Waals surface area contributed by atoms with Gasteiger partial charge in [-0.25, -0.2) is 8.78 Å². The second-order valence-electron chi connectivity index (χ2n) is 5.40. The first-order valence-electron chi connectivity index (χ1n) is 7.08. The average molecular weight is 289 g/mol. The summed E-state index contributed by atoms with van der Waals surface area (Å²) in [6.07, 6.45) is 2.34. The maximum Gasteiger partial charge on any atom is 0.167 e. The predicted octanol–water partition coefficient (Wildman–Crippen LogP) is 4.32. The number of rotatable bonds is 5. The number of hydrogen-bond donors (Lipinski definition) is 1. The normalized spacial score (nSPS) is 14.2. The molecule has 110 valence electrons. The molecule has 0 aromatic heterocycles. The molecule has 2 aromatic rings. The monoisotopic (exact) mass is 289 g/mol. The predicted molar refractivity (Wildman–Crippen MR) is 77.5 cm³/mol. The molecule has 1 aliphatic rings. The fourth-order valence-electron chi connectivity index (χ4n) is 2.15. The van der Waals surface area contributed by atoms with E-state index in [0.29, 0.717) is 23.9 Å². The number of nitrogens with one attached hydrogen (secondary N) is 1. The Morgan fingerprint density at radius 3 is 2.67 bits per heavy atom. The van der Waals surface area contributed by atoms with Crippen LogP contribution in [0.5, 0.6) is 11.5 Å². The molecule has 0 atom stereocenters. The molecule has 1 aliphatic carbocycles. The molecule has 1 saturated carbocycles. The van der Waals surface area contributed by atoms with Gasteiger partial charge in [0.05, 0.1) is 0 Å². The lowest BCUT2D eigenvalue weighted by Gasteiger charge is -2.13. The van der Waals surface area contributed by atoms with E-state index in [-0.39, 0.29) is 11.6 Å². The number of hydrogen-bond acceptors (Lipinski definition) is 2. The molecule has 3 rings (SSSR count). The van der Waals surface area contributed by atoms with Crippen LogP contribution < -0.4 is 10.1 Å². The van der Waals surface area contributed by atoms with E-state index >= 15 is 0 Å². The third kappa shape index (κ3) is 3.39. The van der Waals surface area contributed by atoms with Gasteiger partial charge in [-0.15, -0.1) is 0 Å². The Bertz CT molecular complexity index is 653. The van der Waals surface area contributed by atoms with E-state index in [9.17, 15) is 8.78 Å². The number of halogens is 2. The third-order valence-electron chi connectivity index (χ3n) is 3.56. The van der Waals surface area contributed by atoms with E-state index in [1.54, 1.807) is 19.1 Å². The van der Waals surface area contributed by atoms with Crippen molar-refractivity contribution in [2.24, 2.45) is 0 Å². The number of para-hydroxylation sites is 1. The second kappa shape index (κ2) is 5.82. The summed E-state index contributed by atoms with van der Waals surface area (Å²) in [6.45, 7) is 2.22. The van der Waals surface area contributed by atoms with Crippen molar-refractivity contribution in [2.45, 2.75) is 32.4 Å². The van der Waals surface area contributed by atoms with Crippen molar-refractivity contribution in [1.82, 2.24) is 5.32 Å². The Morgan fingerprint density at radius 2 is 1.95 bits per heavy atom. The highest BCUT2D eigenvalue weighted by molar-refractivity contribution is 5.40. The third-order valence-corrected chi connectivity index (χ3v) is 3.56. The maximum absolute atomic E-state index is 14.0. The molecule has 0 radical (unpaired) electrons. The summed E-state index contributed by atoms with van der Waals surface area (Å²) >= 11 is 0. The molecular formula is C17H17F2NO. The fourth-order valence-corrected chi connectivity index (χ4v) is 2.15. The van der Waals surface area contributed by atoms with Crippen molar-refractivity contribution in [2.75, 3.05) is 0 Å². The molecule has 0 bridgehead atoms. The van der Waals surface area contributed by atoms with E-state index in [1.807, 2.05) is 6.07 Å². The van der Waals surface area contributed by atoms with Crippen molar-refractivity contribution in [3.05, 3.63) is 59.2 Å². The summed E-state index contributed by atoms with van der Waals surface area (Å²) in [6, 6.07) is 9.81. The van der Waals surface area contributed by atoms with E-state index in [1.165, 1.54) is 31.0 Å². The smallest absolute Gasteiger partial charge is 0.167 e. The van der Waals surface area contributed by atoms with Gasteiger partial charge in [0.25, 0.3) is 0 Å². The van der Waals surface area contributed by atoms with E-state index in [0.717, 1.165) is 5.56 Å². The van der Waals surface area contributed by atoms with Crippen molar-refractivity contribution in [1.29, 1.82) is 0 Å². The van der Waals surface area contributed by atoms with Crippen LogP contribution in [0.15, 0.2) is 36.4 Å². The molecule has 2 aromatic carbocycles.